The van der Waals surface area contributed by atoms with Gasteiger partial charge in [-0.2, -0.15) is 0 Å². The van der Waals surface area contributed by atoms with Crippen LogP contribution in [0.2, 0.25) is 0 Å². The lowest BCUT2D eigenvalue weighted by molar-refractivity contribution is 0.0952. The Hall–Kier alpha value is -3.92. The van der Waals surface area contributed by atoms with Crippen molar-refractivity contribution >= 4 is 27.7 Å². The van der Waals surface area contributed by atoms with Crippen molar-refractivity contribution in [2.24, 2.45) is 0 Å². The van der Waals surface area contributed by atoms with E-state index in [4.69, 9.17) is 0 Å². The number of fused-ring (bicyclic) bond motifs is 2. The molecule has 0 unspecified atom stereocenters. The van der Waals surface area contributed by atoms with Crippen molar-refractivity contribution < 1.29 is 4.79 Å². The molecule has 0 fully saturated rings. The van der Waals surface area contributed by atoms with Crippen molar-refractivity contribution in [3.63, 3.8) is 0 Å². The van der Waals surface area contributed by atoms with Crippen molar-refractivity contribution in [2.75, 3.05) is 0 Å². The third-order valence-electron chi connectivity index (χ3n) is 5.17. The number of benzene rings is 3. The molecule has 2 aromatic heterocycles. The van der Waals surface area contributed by atoms with Crippen LogP contribution < -0.4 is 5.32 Å². The number of nitrogens with zero attached hydrogens (tertiary/aromatic N) is 1. The van der Waals surface area contributed by atoms with Gasteiger partial charge >= 0.3 is 0 Å². The molecular weight excluding hydrogens is 358 g/mol. The van der Waals surface area contributed by atoms with Crippen LogP contribution in [0.3, 0.4) is 0 Å². The number of hydrogen-bond donors (Lipinski definition) is 2. The molecule has 5 aromatic rings. The lowest BCUT2D eigenvalue weighted by Crippen LogP contribution is -2.22. The summed E-state index contributed by atoms with van der Waals surface area (Å²) in [6.45, 7) is 0.489. The number of aromatic amines is 1. The number of aromatic nitrogens is 2. The van der Waals surface area contributed by atoms with Gasteiger partial charge in [0.25, 0.3) is 5.91 Å². The number of hydrogen-bond acceptors (Lipinski definition) is 2. The maximum absolute atomic E-state index is 12.8. The van der Waals surface area contributed by atoms with Gasteiger partial charge in [0.1, 0.15) is 5.65 Å². The largest absolute Gasteiger partial charge is 0.348 e. The lowest BCUT2D eigenvalue weighted by atomic mass is 9.98. The zero-order chi connectivity index (χ0) is 19.6. The Kier molecular flexibility index (Phi) is 4.30. The quantitative estimate of drug-likeness (QED) is 0.446. The van der Waals surface area contributed by atoms with E-state index in [1.54, 1.807) is 6.20 Å². The Morgan fingerprint density at radius 2 is 1.69 bits per heavy atom. The molecular formula is C25H19N3O. The van der Waals surface area contributed by atoms with Crippen LogP contribution in [0, 0.1) is 0 Å². The summed E-state index contributed by atoms with van der Waals surface area (Å²) < 4.78 is 0. The Morgan fingerprint density at radius 1 is 0.897 bits per heavy atom. The molecule has 5 rings (SSSR count). The fraction of sp³-hybridized carbons (Fsp3) is 0.0400. The van der Waals surface area contributed by atoms with E-state index >= 15 is 0 Å². The van der Waals surface area contributed by atoms with Crippen molar-refractivity contribution in [2.45, 2.75) is 6.54 Å². The molecule has 4 heteroatoms. The SMILES string of the molecule is O=C(NCc1ccccc1)c1c[nH]c2ncc(-c3cccc4ccccc34)cc12. The van der Waals surface area contributed by atoms with Crippen LogP contribution in [0.4, 0.5) is 0 Å². The summed E-state index contributed by atoms with van der Waals surface area (Å²) in [4.78, 5) is 20.5. The van der Waals surface area contributed by atoms with Crippen molar-refractivity contribution in [1.82, 2.24) is 15.3 Å². The highest BCUT2D eigenvalue weighted by Crippen LogP contribution is 2.30. The molecule has 0 aliphatic carbocycles. The highest BCUT2D eigenvalue weighted by molar-refractivity contribution is 6.07. The van der Waals surface area contributed by atoms with Gasteiger partial charge in [-0.05, 0) is 28.0 Å². The van der Waals surface area contributed by atoms with Gasteiger partial charge in [0, 0.05) is 29.9 Å². The minimum absolute atomic E-state index is 0.114. The maximum atomic E-state index is 12.8. The molecule has 2 heterocycles. The first-order valence-corrected chi connectivity index (χ1v) is 9.57. The molecule has 0 saturated heterocycles. The lowest BCUT2D eigenvalue weighted by Gasteiger charge is -2.08. The standard InChI is InChI=1S/C25H19N3O/c29-25(28-14-17-7-2-1-3-8-17)23-16-27-24-22(23)13-19(15-26-24)21-12-6-10-18-9-4-5-11-20(18)21/h1-13,15-16H,14H2,(H,26,27)(H,28,29). The van der Waals surface area contributed by atoms with Gasteiger partial charge in [-0.3, -0.25) is 4.79 Å². The van der Waals surface area contributed by atoms with Gasteiger partial charge in [0.05, 0.1) is 5.56 Å². The van der Waals surface area contributed by atoms with Gasteiger partial charge in [-0.25, -0.2) is 4.98 Å². The van der Waals surface area contributed by atoms with Crippen LogP contribution in [0.15, 0.2) is 91.3 Å². The molecule has 0 atom stereocenters. The Morgan fingerprint density at radius 3 is 2.59 bits per heavy atom. The highest BCUT2D eigenvalue weighted by atomic mass is 16.1. The number of carbonyl (C=O) groups is 1. The van der Waals surface area contributed by atoms with E-state index in [0.717, 1.165) is 22.1 Å². The van der Waals surface area contributed by atoms with Gasteiger partial charge in [-0.1, -0.05) is 72.8 Å². The average molecular weight is 377 g/mol. The zero-order valence-corrected chi connectivity index (χ0v) is 15.7. The molecule has 0 spiro atoms. The zero-order valence-electron chi connectivity index (χ0n) is 15.7. The summed E-state index contributed by atoms with van der Waals surface area (Å²) in [6, 6.07) is 26.5. The summed E-state index contributed by atoms with van der Waals surface area (Å²) >= 11 is 0. The molecule has 0 saturated carbocycles. The second-order valence-corrected chi connectivity index (χ2v) is 7.02. The second kappa shape index (κ2) is 7.24. The second-order valence-electron chi connectivity index (χ2n) is 7.02. The molecule has 140 valence electrons. The van der Waals surface area contributed by atoms with E-state index in [0.29, 0.717) is 17.8 Å². The summed E-state index contributed by atoms with van der Waals surface area (Å²) in [7, 11) is 0. The molecule has 0 aliphatic rings. The smallest absolute Gasteiger partial charge is 0.253 e. The molecule has 3 aromatic carbocycles. The molecule has 29 heavy (non-hydrogen) atoms. The summed E-state index contributed by atoms with van der Waals surface area (Å²) in [5.41, 5.74) is 4.47. The van der Waals surface area contributed by atoms with Crippen LogP contribution in [0.1, 0.15) is 15.9 Å². The van der Waals surface area contributed by atoms with Crippen molar-refractivity contribution in [1.29, 1.82) is 0 Å². The van der Waals surface area contributed by atoms with Gasteiger partial charge < -0.3 is 10.3 Å². The maximum Gasteiger partial charge on any atom is 0.253 e. The molecule has 0 aliphatic heterocycles. The van der Waals surface area contributed by atoms with Gasteiger partial charge in [0.15, 0.2) is 0 Å². The molecule has 4 nitrogen and oxygen atoms in total. The van der Waals surface area contributed by atoms with E-state index in [1.165, 1.54) is 10.8 Å². The van der Waals surface area contributed by atoms with E-state index in [1.807, 2.05) is 60.8 Å². The Balaban J connectivity index is 1.51. The minimum atomic E-state index is -0.114. The van der Waals surface area contributed by atoms with Crippen molar-refractivity contribution in [3.05, 3.63) is 102 Å². The van der Waals surface area contributed by atoms with E-state index in [-0.39, 0.29) is 5.91 Å². The van der Waals surface area contributed by atoms with Gasteiger partial charge in [-0.15, -0.1) is 0 Å². The average Bonchev–Trinajstić information content (AvgIpc) is 3.21. The summed E-state index contributed by atoms with van der Waals surface area (Å²) in [5.74, 6) is -0.114. The van der Waals surface area contributed by atoms with Crippen molar-refractivity contribution in [3.8, 4) is 11.1 Å². The highest BCUT2D eigenvalue weighted by Gasteiger charge is 2.14. The van der Waals surface area contributed by atoms with Crippen LogP contribution in [0.25, 0.3) is 32.9 Å². The van der Waals surface area contributed by atoms with Gasteiger partial charge in [0.2, 0.25) is 0 Å². The molecule has 0 radical (unpaired) electrons. The third kappa shape index (κ3) is 3.25. The first kappa shape index (κ1) is 17.2. The van der Waals surface area contributed by atoms with Crippen LogP contribution in [-0.2, 0) is 6.54 Å². The fourth-order valence-corrected chi connectivity index (χ4v) is 3.69. The Labute approximate surface area is 168 Å². The normalized spacial score (nSPS) is 11.0. The first-order valence-electron chi connectivity index (χ1n) is 9.57. The number of amides is 1. The Bertz CT molecular complexity index is 1320. The molecule has 1 amide bonds. The van der Waals surface area contributed by atoms with E-state index in [9.17, 15) is 4.79 Å². The van der Waals surface area contributed by atoms with E-state index in [2.05, 4.69) is 39.6 Å². The van der Waals surface area contributed by atoms with E-state index < -0.39 is 0 Å². The summed E-state index contributed by atoms with van der Waals surface area (Å²) in [5, 5.41) is 6.16. The predicted octanol–water partition coefficient (Wildman–Crippen LogP) is 5.31. The third-order valence-corrected chi connectivity index (χ3v) is 5.17. The monoisotopic (exact) mass is 377 g/mol. The number of rotatable bonds is 4. The number of H-pyrrole nitrogens is 1. The molecule has 2 N–H and O–H groups in total. The number of pyridine rings is 1. The first-order chi connectivity index (χ1) is 14.3. The van der Waals surface area contributed by atoms with Crippen LogP contribution in [-0.4, -0.2) is 15.9 Å². The van der Waals surface area contributed by atoms with Crippen LogP contribution >= 0.6 is 0 Å². The fourth-order valence-electron chi connectivity index (χ4n) is 3.69. The minimum Gasteiger partial charge on any atom is -0.348 e. The molecule has 0 bridgehead atoms. The van der Waals surface area contributed by atoms with Crippen LogP contribution in [0.5, 0.6) is 0 Å². The predicted molar refractivity (Wildman–Crippen MR) is 117 cm³/mol. The number of carbonyl (C=O) groups excluding carboxylic acids is 1. The summed E-state index contributed by atoms with van der Waals surface area (Å²) in [6.07, 6.45) is 3.58. The topological polar surface area (TPSA) is 57.8 Å². The number of nitrogens with one attached hydrogen (secondary N) is 2.